The highest BCUT2D eigenvalue weighted by Crippen LogP contribution is 2.25. The number of benzene rings is 1. The molecule has 0 amide bonds. The second kappa shape index (κ2) is 5.45. The van der Waals surface area contributed by atoms with Gasteiger partial charge in [0.2, 0.25) is 0 Å². The summed E-state index contributed by atoms with van der Waals surface area (Å²) in [5.74, 6) is -1.56. The first-order chi connectivity index (χ1) is 8.88. The van der Waals surface area contributed by atoms with E-state index in [1.54, 1.807) is 6.07 Å². The largest absolute Gasteiger partial charge is 0.370 e. The number of anilines is 1. The molecule has 1 aromatic rings. The first-order valence-corrected chi connectivity index (χ1v) is 6.81. The van der Waals surface area contributed by atoms with E-state index < -0.39 is 11.6 Å². The van der Waals surface area contributed by atoms with Crippen LogP contribution < -0.4 is 10.2 Å². The summed E-state index contributed by atoms with van der Waals surface area (Å²) in [5, 5.41) is 3.54. The Morgan fingerprint density at radius 3 is 2.58 bits per heavy atom. The molecule has 1 heterocycles. The zero-order chi connectivity index (χ0) is 14.0. The molecule has 1 aromatic carbocycles. The summed E-state index contributed by atoms with van der Waals surface area (Å²) in [4.78, 5) is 2.14. The summed E-state index contributed by atoms with van der Waals surface area (Å²) in [6.45, 7) is 9.22. The van der Waals surface area contributed by atoms with Crippen LogP contribution in [0.25, 0.3) is 0 Å². The van der Waals surface area contributed by atoms with Crippen LogP contribution in [0, 0.1) is 17.0 Å². The van der Waals surface area contributed by atoms with Gasteiger partial charge in [0.05, 0.1) is 0 Å². The number of rotatable bonds is 1. The van der Waals surface area contributed by atoms with Crippen LogP contribution in [-0.2, 0) is 0 Å². The minimum absolute atomic E-state index is 0.140. The average Bonchev–Trinajstić information content (AvgIpc) is 2.58. The molecule has 4 heteroatoms. The van der Waals surface area contributed by atoms with Crippen LogP contribution in [0.5, 0.6) is 0 Å². The van der Waals surface area contributed by atoms with Gasteiger partial charge in [0, 0.05) is 30.9 Å². The Morgan fingerprint density at radius 1 is 1.21 bits per heavy atom. The summed E-state index contributed by atoms with van der Waals surface area (Å²) in [6.07, 6.45) is 1.01. The molecule has 19 heavy (non-hydrogen) atoms. The molecular weight excluding hydrogens is 246 g/mol. The monoisotopic (exact) mass is 268 g/mol. The first-order valence-electron chi connectivity index (χ1n) is 6.81. The van der Waals surface area contributed by atoms with E-state index in [0.29, 0.717) is 6.04 Å². The molecule has 0 aliphatic carbocycles. The van der Waals surface area contributed by atoms with Crippen molar-refractivity contribution in [3.05, 3.63) is 29.8 Å². The van der Waals surface area contributed by atoms with Crippen LogP contribution in [0.2, 0.25) is 0 Å². The highest BCUT2D eigenvalue weighted by molar-refractivity contribution is 5.47. The predicted octanol–water partition coefficient (Wildman–Crippen LogP) is 3.18. The lowest BCUT2D eigenvalue weighted by atomic mass is 9.86. The molecule has 0 saturated carbocycles. The molecule has 2 nitrogen and oxygen atoms in total. The van der Waals surface area contributed by atoms with E-state index in [1.165, 1.54) is 12.1 Å². The van der Waals surface area contributed by atoms with Crippen molar-refractivity contribution in [2.24, 2.45) is 5.41 Å². The molecule has 1 aliphatic rings. The average molecular weight is 268 g/mol. The van der Waals surface area contributed by atoms with E-state index in [0.717, 1.165) is 31.7 Å². The second-order valence-corrected chi connectivity index (χ2v) is 6.27. The fraction of sp³-hybridized carbons (Fsp3) is 0.600. The van der Waals surface area contributed by atoms with Gasteiger partial charge in [-0.2, -0.15) is 0 Å². The summed E-state index contributed by atoms with van der Waals surface area (Å²) in [7, 11) is 0. The molecule has 1 aliphatic heterocycles. The second-order valence-electron chi connectivity index (χ2n) is 6.27. The topological polar surface area (TPSA) is 15.3 Å². The van der Waals surface area contributed by atoms with Crippen molar-refractivity contribution in [2.45, 2.75) is 33.2 Å². The number of nitrogens with one attached hydrogen (secondary N) is 1. The summed E-state index contributed by atoms with van der Waals surface area (Å²) in [5.41, 5.74) is 0.901. The van der Waals surface area contributed by atoms with Gasteiger partial charge < -0.3 is 10.2 Å². The van der Waals surface area contributed by atoms with Gasteiger partial charge in [-0.3, -0.25) is 0 Å². The molecule has 1 fully saturated rings. The van der Waals surface area contributed by atoms with E-state index in [1.807, 2.05) is 0 Å². The minimum Gasteiger partial charge on any atom is -0.370 e. The third kappa shape index (κ3) is 3.44. The minimum atomic E-state index is -0.788. The Kier molecular flexibility index (Phi) is 4.09. The van der Waals surface area contributed by atoms with Crippen LogP contribution in [-0.4, -0.2) is 25.7 Å². The molecule has 0 bridgehead atoms. The standard InChI is InChI=1S/C15H22F2N2/c1-15(2,3)14-10-19(8-4-7-18-14)11-5-6-12(16)13(17)9-11/h5-6,9,14,18H,4,7-8,10H2,1-3H3. The van der Waals surface area contributed by atoms with E-state index in [2.05, 4.69) is 31.0 Å². The zero-order valence-corrected chi connectivity index (χ0v) is 11.8. The van der Waals surface area contributed by atoms with Crippen molar-refractivity contribution >= 4 is 5.69 Å². The van der Waals surface area contributed by atoms with Crippen LogP contribution in [0.15, 0.2) is 18.2 Å². The molecule has 0 aromatic heterocycles. The smallest absolute Gasteiger partial charge is 0.160 e. The number of halogens is 2. The van der Waals surface area contributed by atoms with E-state index >= 15 is 0 Å². The van der Waals surface area contributed by atoms with Crippen LogP contribution >= 0.6 is 0 Å². The highest BCUT2D eigenvalue weighted by Gasteiger charge is 2.28. The number of hydrogen-bond acceptors (Lipinski definition) is 2. The molecule has 2 rings (SSSR count). The predicted molar refractivity (Wildman–Crippen MR) is 74.4 cm³/mol. The van der Waals surface area contributed by atoms with Gasteiger partial charge in [-0.25, -0.2) is 8.78 Å². The number of nitrogens with zero attached hydrogens (tertiary/aromatic N) is 1. The molecule has 1 N–H and O–H groups in total. The molecular formula is C15H22F2N2. The fourth-order valence-corrected chi connectivity index (χ4v) is 2.42. The van der Waals surface area contributed by atoms with E-state index in [4.69, 9.17) is 0 Å². The zero-order valence-electron chi connectivity index (χ0n) is 11.8. The Hall–Kier alpha value is -1.16. The Balaban J connectivity index is 2.20. The van der Waals surface area contributed by atoms with Crippen molar-refractivity contribution in [1.29, 1.82) is 0 Å². The van der Waals surface area contributed by atoms with Crippen LogP contribution in [0.1, 0.15) is 27.2 Å². The summed E-state index contributed by atoms with van der Waals surface area (Å²) >= 11 is 0. The van der Waals surface area contributed by atoms with Gasteiger partial charge >= 0.3 is 0 Å². The van der Waals surface area contributed by atoms with Crippen molar-refractivity contribution in [1.82, 2.24) is 5.32 Å². The maximum absolute atomic E-state index is 13.3. The van der Waals surface area contributed by atoms with Gasteiger partial charge in [-0.15, -0.1) is 0 Å². The van der Waals surface area contributed by atoms with Crippen molar-refractivity contribution in [2.75, 3.05) is 24.5 Å². The van der Waals surface area contributed by atoms with Crippen LogP contribution in [0.3, 0.4) is 0 Å². The maximum Gasteiger partial charge on any atom is 0.160 e. The molecule has 0 radical (unpaired) electrons. The van der Waals surface area contributed by atoms with Crippen molar-refractivity contribution in [3.63, 3.8) is 0 Å². The third-order valence-corrected chi connectivity index (χ3v) is 3.71. The SMILES string of the molecule is CC(C)(C)C1CN(c2ccc(F)c(F)c2)CCCN1. The van der Waals surface area contributed by atoms with Crippen molar-refractivity contribution < 1.29 is 8.78 Å². The van der Waals surface area contributed by atoms with Gasteiger partial charge in [0.1, 0.15) is 0 Å². The Morgan fingerprint density at radius 2 is 1.95 bits per heavy atom. The Labute approximate surface area is 113 Å². The van der Waals surface area contributed by atoms with Gasteiger partial charge in [-0.05, 0) is 30.5 Å². The number of hydrogen-bond donors (Lipinski definition) is 1. The lowest BCUT2D eigenvalue weighted by Gasteiger charge is -2.34. The lowest BCUT2D eigenvalue weighted by molar-refractivity contribution is 0.280. The normalized spacial score (nSPS) is 21.3. The van der Waals surface area contributed by atoms with E-state index in [9.17, 15) is 8.78 Å². The summed E-state index contributed by atoms with van der Waals surface area (Å²) < 4.78 is 26.4. The first kappa shape index (κ1) is 14.3. The molecule has 1 saturated heterocycles. The van der Waals surface area contributed by atoms with E-state index in [-0.39, 0.29) is 5.41 Å². The van der Waals surface area contributed by atoms with Crippen LogP contribution in [0.4, 0.5) is 14.5 Å². The van der Waals surface area contributed by atoms with Gasteiger partial charge in [-0.1, -0.05) is 20.8 Å². The maximum atomic E-state index is 13.3. The van der Waals surface area contributed by atoms with Crippen molar-refractivity contribution in [3.8, 4) is 0 Å². The molecule has 0 spiro atoms. The summed E-state index contributed by atoms with van der Waals surface area (Å²) in [6, 6.07) is 4.49. The van der Waals surface area contributed by atoms with Gasteiger partial charge in [0.15, 0.2) is 11.6 Å². The highest BCUT2D eigenvalue weighted by atomic mass is 19.2. The molecule has 1 unspecified atom stereocenters. The van der Waals surface area contributed by atoms with Gasteiger partial charge in [0.25, 0.3) is 0 Å². The third-order valence-electron chi connectivity index (χ3n) is 3.71. The Bertz CT molecular complexity index is 440. The fourth-order valence-electron chi connectivity index (χ4n) is 2.42. The molecule has 1 atom stereocenters. The molecule has 106 valence electrons. The lowest BCUT2D eigenvalue weighted by Crippen LogP contribution is -2.46. The quantitative estimate of drug-likeness (QED) is 0.841.